The van der Waals surface area contributed by atoms with E-state index in [9.17, 15) is 9.59 Å². The van der Waals surface area contributed by atoms with Crippen LogP contribution in [-0.4, -0.2) is 22.9 Å². The smallest absolute Gasteiger partial charge is 0.281 e. The van der Waals surface area contributed by atoms with E-state index in [-0.39, 0.29) is 5.41 Å². The van der Waals surface area contributed by atoms with Gasteiger partial charge in [-0.25, -0.2) is 4.98 Å². The number of rotatable bonds is 4. The van der Waals surface area contributed by atoms with Crippen molar-refractivity contribution in [2.75, 3.05) is 0 Å². The molecule has 140 valence electrons. The van der Waals surface area contributed by atoms with Crippen LogP contribution in [0.25, 0.3) is 0 Å². The van der Waals surface area contributed by atoms with Gasteiger partial charge in [0.05, 0.1) is 10.7 Å². The van der Waals surface area contributed by atoms with Crippen molar-refractivity contribution in [3.05, 3.63) is 44.3 Å². The second-order valence-corrected chi connectivity index (χ2v) is 8.76. The minimum Gasteiger partial charge on any atom is -0.481 e. The molecule has 2 aromatic rings. The third-order valence-corrected chi connectivity index (χ3v) is 5.50. The fourth-order valence-electron chi connectivity index (χ4n) is 2.00. The van der Waals surface area contributed by atoms with E-state index in [1.165, 1.54) is 11.3 Å². The van der Waals surface area contributed by atoms with Gasteiger partial charge in [-0.15, -0.1) is 11.3 Å². The average Bonchev–Trinajstić information content (AvgIpc) is 2.94. The number of nitrogens with zero attached hydrogens (tertiary/aromatic N) is 1. The minimum absolute atomic E-state index is 0.135. The summed E-state index contributed by atoms with van der Waals surface area (Å²) in [5, 5.41) is 0.873. The molecule has 0 radical (unpaired) electrons. The summed E-state index contributed by atoms with van der Waals surface area (Å²) < 4.78 is 6.42. The number of aryl methyl sites for hydroxylation is 1. The molecule has 26 heavy (non-hydrogen) atoms. The van der Waals surface area contributed by atoms with Crippen LogP contribution in [-0.2, 0) is 10.2 Å². The number of carbonyl (C=O) groups excluding carboxylic acids is 2. The highest BCUT2D eigenvalue weighted by molar-refractivity contribution is 9.10. The van der Waals surface area contributed by atoms with E-state index in [2.05, 4.69) is 31.8 Å². The molecule has 0 saturated heterocycles. The summed E-state index contributed by atoms with van der Waals surface area (Å²) in [6.07, 6.45) is -0.766. The number of benzene rings is 1. The number of hydrazine groups is 1. The monoisotopic (exact) mass is 439 g/mol. The van der Waals surface area contributed by atoms with Crippen LogP contribution in [0, 0.1) is 6.92 Å². The molecule has 8 heteroatoms. The first-order valence-corrected chi connectivity index (χ1v) is 9.69. The highest BCUT2D eigenvalue weighted by atomic mass is 79.9. The van der Waals surface area contributed by atoms with Crippen LogP contribution in [0.3, 0.4) is 0 Å². The van der Waals surface area contributed by atoms with Gasteiger partial charge < -0.3 is 4.74 Å². The molecule has 0 saturated carbocycles. The third-order valence-electron chi connectivity index (χ3n) is 3.42. The van der Waals surface area contributed by atoms with Crippen LogP contribution in [0.4, 0.5) is 0 Å². The van der Waals surface area contributed by atoms with Gasteiger partial charge in [0.1, 0.15) is 10.6 Å². The topological polar surface area (TPSA) is 80.3 Å². The molecule has 1 aromatic heterocycles. The second-order valence-electron chi connectivity index (χ2n) is 6.84. The molecule has 2 amide bonds. The van der Waals surface area contributed by atoms with Crippen LogP contribution >= 0.6 is 27.3 Å². The molecule has 0 spiro atoms. The second kappa shape index (κ2) is 8.18. The maximum Gasteiger partial charge on any atom is 0.281 e. The van der Waals surface area contributed by atoms with E-state index in [0.717, 1.165) is 9.48 Å². The molecule has 0 aliphatic carbocycles. The lowest BCUT2D eigenvalue weighted by atomic mass is 9.98. The maximum absolute atomic E-state index is 12.3. The van der Waals surface area contributed by atoms with Gasteiger partial charge >= 0.3 is 0 Å². The fourth-order valence-corrected chi connectivity index (χ4v) is 3.40. The van der Waals surface area contributed by atoms with Gasteiger partial charge in [0, 0.05) is 9.89 Å². The summed E-state index contributed by atoms with van der Waals surface area (Å²) in [4.78, 5) is 29.4. The molecule has 0 fully saturated rings. The summed E-state index contributed by atoms with van der Waals surface area (Å²) in [5.74, 6) is -0.281. The largest absolute Gasteiger partial charge is 0.481 e. The predicted octanol–water partition coefficient (Wildman–Crippen LogP) is 3.74. The molecule has 1 aromatic carbocycles. The molecule has 0 aliphatic rings. The third kappa shape index (κ3) is 5.28. The highest BCUT2D eigenvalue weighted by Crippen LogP contribution is 2.29. The number of carbonyl (C=O) groups is 2. The lowest BCUT2D eigenvalue weighted by Gasteiger charge is -2.15. The van der Waals surface area contributed by atoms with E-state index in [4.69, 9.17) is 4.74 Å². The Labute approximate surface area is 165 Å². The normalized spacial score (nSPS) is 12.4. The fraction of sp³-hybridized carbons (Fsp3) is 0.389. The lowest BCUT2D eigenvalue weighted by Crippen LogP contribution is -2.47. The molecule has 2 N–H and O–H groups in total. The van der Waals surface area contributed by atoms with E-state index >= 15 is 0 Å². The zero-order chi connectivity index (χ0) is 19.5. The molecule has 1 heterocycles. The van der Waals surface area contributed by atoms with E-state index in [1.807, 2.05) is 32.9 Å². The van der Waals surface area contributed by atoms with Crippen molar-refractivity contribution in [2.24, 2.45) is 0 Å². The summed E-state index contributed by atoms with van der Waals surface area (Å²) in [6, 6.07) is 7.19. The van der Waals surface area contributed by atoms with Gasteiger partial charge in [-0.05, 0) is 32.0 Å². The number of hydrogen-bond acceptors (Lipinski definition) is 5. The number of hydrogen-bond donors (Lipinski definition) is 2. The van der Waals surface area contributed by atoms with E-state index in [0.29, 0.717) is 16.3 Å². The van der Waals surface area contributed by atoms with Crippen LogP contribution in [0.15, 0.2) is 28.7 Å². The number of thiazole rings is 1. The first-order valence-electron chi connectivity index (χ1n) is 8.08. The van der Waals surface area contributed by atoms with E-state index < -0.39 is 17.9 Å². The number of amides is 2. The van der Waals surface area contributed by atoms with Crippen molar-refractivity contribution in [1.82, 2.24) is 15.8 Å². The van der Waals surface area contributed by atoms with Crippen molar-refractivity contribution >= 4 is 39.1 Å². The SMILES string of the molecule is Cc1nc(C(C)(C)C)sc1C(=O)NNC(=O)C(C)Oc1cccc(Br)c1. The van der Waals surface area contributed by atoms with Gasteiger partial charge in [0.25, 0.3) is 11.8 Å². The predicted molar refractivity (Wildman–Crippen MR) is 105 cm³/mol. The Bertz CT molecular complexity index is 814. The van der Waals surface area contributed by atoms with Crippen molar-refractivity contribution in [1.29, 1.82) is 0 Å². The van der Waals surface area contributed by atoms with Gasteiger partial charge in [0.15, 0.2) is 6.10 Å². The summed E-state index contributed by atoms with van der Waals surface area (Å²) in [7, 11) is 0. The molecule has 0 bridgehead atoms. The molecule has 1 unspecified atom stereocenters. The van der Waals surface area contributed by atoms with Gasteiger partial charge in [-0.2, -0.15) is 0 Å². The zero-order valence-corrected chi connectivity index (χ0v) is 17.7. The number of aromatic nitrogens is 1. The minimum atomic E-state index is -0.766. The molecule has 0 aliphatic heterocycles. The van der Waals surface area contributed by atoms with Gasteiger partial charge in [-0.1, -0.05) is 42.8 Å². The Balaban J connectivity index is 1.94. The van der Waals surface area contributed by atoms with Gasteiger partial charge in [-0.3, -0.25) is 20.4 Å². The Morgan fingerprint density at radius 2 is 1.96 bits per heavy atom. The van der Waals surface area contributed by atoms with Crippen molar-refractivity contribution < 1.29 is 14.3 Å². The number of halogens is 1. The standard InChI is InChI=1S/C18H22BrN3O3S/c1-10-14(26-17(20-10)18(3,4)5)16(24)22-21-15(23)11(2)25-13-8-6-7-12(19)9-13/h6-9,11H,1-5H3,(H,21,23)(H,22,24). The molecule has 1 atom stereocenters. The molecule has 6 nitrogen and oxygen atoms in total. The maximum atomic E-state index is 12.3. The quantitative estimate of drug-likeness (QED) is 0.710. The Morgan fingerprint density at radius 1 is 1.27 bits per heavy atom. The van der Waals surface area contributed by atoms with Gasteiger partial charge in [0.2, 0.25) is 0 Å². The van der Waals surface area contributed by atoms with Crippen LogP contribution in [0.1, 0.15) is 48.1 Å². The van der Waals surface area contributed by atoms with E-state index in [1.54, 1.807) is 26.0 Å². The van der Waals surface area contributed by atoms with Crippen molar-refractivity contribution in [3.8, 4) is 5.75 Å². The first kappa shape index (κ1) is 20.4. The molecular formula is C18H22BrN3O3S. The van der Waals surface area contributed by atoms with Crippen LogP contribution in [0.5, 0.6) is 5.75 Å². The number of ether oxygens (including phenoxy) is 1. The summed E-state index contributed by atoms with van der Waals surface area (Å²) in [5.41, 5.74) is 5.33. The summed E-state index contributed by atoms with van der Waals surface area (Å²) in [6.45, 7) is 9.50. The molecule has 2 rings (SSSR count). The Hall–Kier alpha value is -1.93. The highest BCUT2D eigenvalue weighted by Gasteiger charge is 2.24. The Morgan fingerprint density at radius 3 is 2.54 bits per heavy atom. The number of nitrogens with one attached hydrogen (secondary N) is 2. The average molecular weight is 440 g/mol. The van der Waals surface area contributed by atoms with Crippen molar-refractivity contribution in [3.63, 3.8) is 0 Å². The molecular weight excluding hydrogens is 418 g/mol. The van der Waals surface area contributed by atoms with Crippen LogP contribution in [0.2, 0.25) is 0 Å². The van der Waals surface area contributed by atoms with Crippen LogP contribution < -0.4 is 15.6 Å². The lowest BCUT2D eigenvalue weighted by molar-refractivity contribution is -0.128. The zero-order valence-electron chi connectivity index (χ0n) is 15.3. The first-order chi connectivity index (χ1) is 12.1. The summed E-state index contributed by atoms with van der Waals surface area (Å²) >= 11 is 4.67. The van der Waals surface area contributed by atoms with Crippen molar-refractivity contribution in [2.45, 2.75) is 46.1 Å². The Kier molecular flexibility index (Phi) is 6.41.